The number of rotatable bonds is 3. The molecule has 1 saturated heterocycles. The van der Waals surface area contributed by atoms with Gasteiger partial charge in [-0.1, -0.05) is 6.92 Å². The van der Waals surface area contributed by atoms with Gasteiger partial charge in [0, 0.05) is 13.1 Å². The Morgan fingerprint density at radius 1 is 1.42 bits per heavy atom. The fourth-order valence-corrected chi connectivity index (χ4v) is 1.87. The van der Waals surface area contributed by atoms with Gasteiger partial charge >= 0.3 is 0 Å². The summed E-state index contributed by atoms with van der Waals surface area (Å²) in [6.07, 6.45) is 3.73. The largest absolute Gasteiger partial charge is 0.303 e. The molecule has 0 saturated carbocycles. The molecule has 0 spiro atoms. The monoisotopic (exact) mass is 171 g/mol. The van der Waals surface area contributed by atoms with Crippen LogP contribution in [0.5, 0.6) is 0 Å². The van der Waals surface area contributed by atoms with Crippen molar-refractivity contribution in [3.63, 3.8) is 0 Å². The van der Waals surface area contributed by atoms with Crippen LogP contribution in [0.4, 0.5) is 0 Å². The van der Waals surface area contributed by atoms with Gasteiger partial charge in [-0.2, -0.15) is 0 Å². The van der Waals surface area contributed by atoms with E-state index in [-0.39, 0.29) is 0 Å². The first kappa shape index (κ1) is 9.96. The van der Waals surface area contributed by atoms with Gasteiger partial charge in [0.15, 0.2) is 0 Å². The van der Waals surface area contributed by atoms with Crippen LogP contribution in [0.1, 0.15) is 26.2 Å². The first-order valence-electron chi connectivity index (χ1n) is 4.94. The summed E-state index contributed by atoms with van der Waals surface area (Å²) < 4.78 is 0. The molecular weight excluding hydrogens is 150 g/mol. The quantitative estimate of drug-likeness (QED) is 0.500. The third kappa shape index (κ3) is 2.73. The zero-order chi connectivity index (χ0) is 8.97. The molecule has 0 atom stereocenters. The number of nitrogens with zero attached hydrogens (tertiary/aromatic N) is 2. The average Bonchev–Trinajstić information content (AvgIpc) is 2.06. The first-order chi connectivity index (χ1) is 5.74. The Labute approximate surface area is 75.5 Å². The minimum absolute atomic E-state index is 0.609. The molecule has 0 aromatic rings. The zero-order valence-electron chi connectivity index (χ0n) is 8.29. The predicted octanol–water partition coefficient (Wildman–Crippen LogP) is 0.666. The number of likely N-dealkylation sites (tertiary alicyclic amines) is 1. The second-order valence-corrected chi connectivity index (χ2v) is 3.74. The molecular formula is C9H21N3. The van der Waals surface area contributed by atoms with E-state index in [0.717, 1.165) is 0 Å². The third-order valence-electron chi connectivity index (χ3n) is 2.67. The molecule has 3 nitrogen and oxygen atoms in total. The molecule has 0 aromatic carbocycles. The maximum Gasteiger partial charge on any atom is 0.0262 e. The van der Waals surface area contributed by atoms with Crippen molar-refractivity contribution in [2.45, 2.75) is 32.2 Å². The Morgan fingerprint density at radius 2 is 2.00 bits per heavy atom. The van der Waals surface area contributed by atoms with Gasteiger partial charge in [-0.15, -0.1) is 0 Å². The minimum Gasteiger partial charge on any atom is -0.303 e. The second kappa shape index (κ2) is 4.80. The highest BCUT2D eigenvalue weighted by atomic mass is 15.4. The number of hydrazine groups is 1. The van der Waals surface area contributed by atoms with E-state index in [0.29, 0.717) is 6.04 Å². The molecule has 0 radical (unpaired) electrons. The van der Waals surface area contributed by atoms with Crippen molar-refractivity contribution in [3.05, 3.63) is 0 Å². The average molecular weight is 171 g/mol. The van der Waals surface area contributed by atoms with Gasteiger partial charge in [-0.05, 0) is 38.9 Å². The smallest absolute Gasteiger partial charge is 0.0262 e. The molecule has 3 heteroatoms. The first-order valence-corrected chi connectivity index (χ1v) is 4.94. The Bertz CT molecular complexity index is 117. The molecule has 0 amide bonds. The van der Waals surface area contributed by atoms with Crippen LogP contribution >= 0.6 is 0 Å². The van der Waals surface area contributed by atoms with Gasteiger partial charge in [-0.25, -0.2) is 5.01 Å². The van der Waals surface area contributed by atoms with Crippen LogP contribution < -0.4 is 5.84 Å². The molecule has 0 aromatic heterocycles. The number of hydrogen-bond acceptors (Lipinski definition) is 3. The number of piperidine rings is 1. The number of hydrogen-bond donors (Lipinski definition) is 1. The number of nitrogens with two attached hydrogens (primary N) is 1. The van der Waals surface area contributed by atoms with E-state index < -0.39 is 0 Å². The molecule has 1 rings (SSSR count). The molecule has 0 unspecified atom stereocenters. The predicted molar refractivity (Wildman–Crippen MR) is 51.7 cm³/mol. The summed E-state index contributed by atoms with van der Waals surface area (Å²) >= 11 is 0. The van der Waals surface area contributed by atoms with E-state index in [1.54, 1.807) is 0 Å². The van der Waals surface area contributed by atoms with Gasteiger partial charge in [0.05, 0.1) is 0 Å². The van der Waals surface area contributed by atoms with E-state index in [2.05, 4.69) is 11.8 Å². The molecule has 1 heterocycles. The van der Waals surface area contributed by atoms with E-state index in [1.807, 2.05) is 12.1 Å². The third-order valence-corrected chi connectivity index (χ3v) is 2.67. The summed E-state index contributed by atoms with van der Waals surface area (Å²) in [5, 5.41) is 1.86. The van der Waals surface area contributed by atoms with Crippen molar-refractivity contribution < 1.29 is 0 Å². The van der Waals surface area contributed by atoms with E-state index in [1.165, 1.54) is 38.9 Å². The summed E-state index contributed by atoms with van der Waals surface area (Å²) in [5.74, 6) is 5.70. The van der Waals surface area contributed by atoms with Crippen molar-refractivity contribution in [3.8, 4) is 0 Å². The fraction of sp³-hybridized carbons (Fsp3) is 1.00. The maximum absolute atomic E-state index is 5.70. The van der Waals surface area contributed by atoms with Crippen molar-refractivity contribution in [2.24, 2.45) is 5.84 Å². The van der Waals surface area contributed by atoms with Crippen LogP contribution in [0.25, 0.3) is 0 Å². The van der Waals surface area contributed by atoms with E-state index in [4.69, 9.17) is 5.84 Å². The van der Waals surface area contributed by atoms with Crippen LogP contribution in [-0.4, -0.2) is 42.6 Å². The van der Waals surface area contributed by atoms with Crippen molar-refractivity contribution in [1.82, 2.24) is 9.91 Å². The molecule has 1 aliphatic heterocycles. The molecule has 12 heavy (non-hydrogen) atoms. The lowest BCUT2D eigenvalue weighted by Gasteiger charge is -2.34. The summed E-state index contributed by atoms with van der Waals surface area (Å²) in [6, 6.07) is 0.609. The fourth-order valence-electron chi connectivity index (χ4n) is 1.87. The topological polar surface area (TPSA) is 32.5 Å². The highest BCUT2D eigenvalue weighted by Gasteiger charge is 2.19. The lowest BCUT2D eigenvalue weighted by Crippen LogP contribution is -2.46. The normalized spacial score (nSPS) is 22.0. The Balaban J connectivity index is 2.20. The molecule has 1 aliphatic rings. The van der Waals surface area contributed by atoms with E-state index >= 15 is 0 Å². The zero-order valence-corrected chi connectivity index (χ0v) is 8.29. The van der Waals surface area contributed by atoms with Crippen molar-refractivity contribution >= 4 is 0 Å². The van der Waals surface area contributed by atoms with Gasteiger partial charge in [0.25, 0.3) is 0 Å². The van der Waals surface area contributed by atoms with Crippen molar-refractivity contribution in [2.75, 3.05) is 26.7 Å². The van der Waals surface area contributed by atoms with Gasteiger partial charge < -0.3 is 4.90 Å². The molecule has 2 N–H and O–H groups in total. The van der Waals surface area contributed by atoms with Crippen LogP contribution in [0.15, 0.2) is 0 Å². The van der Waals surface area contributed by atoms with Crippen LogP contribution in [-0.2, 0) is 0 Å². The standard InChI is InChI=1S/C9H21N3/c1-3-6-12-7-4-9(5-8-12)11(2)10/h9H,3-8,10H2,1-2H3. The van der Waals surface area contributed by atoms with Gasteiger partial charge in [0.1, 0.15) is 0 Å². The second-order valence-electron chi connectivity index (χ2n) is 3.74. The minimum atomic E-state index is 0.609. The van der Waals surface area contributed by atoms with Gasteiger partial charge in [0.2, 0.25) is 0 Å². The lowest BCUT2D eigenvalue weighted by molar-refractivity contribution is 0.129. The summed E-state index contributed by atoms with van der Waals surface area (Å²) in [7, 11) is 1.97. The molecule has 0 bridgehead atoms. The Kier molecular flexibility index (Phi) is 3.98. The molecule has 1 fully saturated rings. The molecule has 0 aliphatic carbocycles. The summed E-state index contributed by atoms with van der Waals surface area (Å²) in [6.45, 7) is 5.93. The van der Waals surface area contributed by atoms with Crippen LogP contribution in [0.3, 0.4) is 0 Å². The summed E-state index contributed by atoms with van der Waals surface area (Å²) in [5.41, 5.74) is 0. The SMILES string of the molecule is CCCN1CCC(N(C)N)CC1. The lowest BCUT2D eigenvalue weighted by atomic mass is 10.0. The van der Waals surface area contributed by atoms with Crippen LogP contribution in [0.2, 0.25) is 0 Å². The van der Waals surface area contributed by atoms with Crippen molar-refractivity contribution in [1.29, 1.82) is 0 Å². The highest BCUT2D eigenvalue weighted by Crippen LogP contribution is 2.12. The van der Waals surface area contributed by atoms with E-state index in [9.17, 15) is 0 Å². The Hall–Kier alpha value is -0.120. The molecule has 72 valence electrons. The van der Waals surface area contributed by atoms with Crippen LogP contribution in [0, 0.1) is 0 Å². The summed E-state index contributed by atoms with van der Waals surface area (Å²) in [4.78, 5) is 2.53. The maximum atomic E-state index is 5.70. The highest BCUT2D eigenvalue weighted by molar-refractivity contribution is 4.75. The van der Waals surface area contributed by atoms with Gasteiger partial charge in [-0.3, -0.25) is 5.84 Å². The Morgan fingerprint density at radius 3 is 2.42 bits per heavy atom.